The van der Waals surface area contributed by atoms with Crippen LogP contribution in [0.25, 0.3) is 5.69 Å². The fraction of sp³-hybridized carbons (Fsp3) is 0.370. The van der Waals surface area contributed by atoms with Gasteiger partial charge < -0.3 is 19.3 Å². The Morgan fingerprint density at radius 1 is 0.886 bits per heavy atom. The lowest BCUT2D eigenvalue weighted by molar-refractivity contribution is 0.0766. The largest absolute Gasteiger partial charge is 0.490 e. The predicted molar refractivity (Wildman–Crippen MR) is 136 cm³/mol. The number of hydrogen-bond donors (Lipinski definition) is 0. The number of hydrogen-bond acceptors (Lipinski definition) is 6. The number of carbonyl (C=O) groups excluding carboxylic acids is 1. The molecule has 1 amide bonds. The van der Waals surface area contributed by atoms with Crippen molar-refractivity contribution in [2.45, 2.75) is 27.2 Å². The lowest BCUT2D eigenvalue weighted by Gasteiger charge is -2.23. The third-order valence-electron chi connectivity index (χ3n) is 5.96. The predicted octanol–water partition coefficient (Wildman–Crippen LogP) is 3.69. The van der Waals surface area contributed by atoms with E-state index in [-0.39, 0.29) is 11.5 Å². The van der Waals surface area contributed by atoms with E-state index in [9.17, 15) is 9.59 Å². The monoisotopic (exact) mass is 476 g/mol. The number of amides is 1. The number of aryl methyl sites for hydroxylation is 1. The van der Waals surface area contributed by atoms with Crippen molar-refractivity contribution < 1.29 is 14.3 Å². The molecule has 0 unspecified atom stereocenters. The zero-order valence-corrected chi connectivity index (χ0v) is 20.6. The zero-order valence-electron chi connectivity index (χ0n) is 20.6. The Morgan fingerprint density at radius 2 is 1.63 bits per heavy atom. The second-order valence-electron chi connectivity index (χ2n) is 8.44. The Morgan fingerprint density at radius 3 is 2.37 bits per heavy atom. The molecule has 1 fully saturated rings. The molecule has 1 aliphatic rings. The van der Waals surface area contributed by atoms with Gasteiger partial charge in [0.05, 0.1) is 18.9 Å². The molecule has 8 heteroatoms. The Balaban J connectivity index is 1.49. The molecule has 0 atom stereocenters. The molecule has 0 aliphatic carbocycles. The molecule has 4 rings (SSSR count). The van der Waals surface area contributed by atoms with Gasteiger partial charge >= 0.3 is 0 Å². The standard InChI is InChI=1S/C27H32N4O4/c1-4-34-23-12-9-21(19-24(23)35-5-2)27(33)30-16-6-15-29(17-18-30)25-13-14-26(32)31(28-25)22-10-7-20(3)8-11-22/h7-14,19H,4-6,15-18H2,1-3H3. The van der Waals surface area contributed by atoms with Gasteiger partial charge in [-0.3, -0.25) is 9.59 Å². The van der Waals surface area contributed by atoms with Crippen LogP contribution in [0.4, 0.5) is 5.82 Å². The Bertz CT molecular complexity index is 1220. The molecule has 0 bridgehead atoms. The molecule has 184 valence electrons. The van der Waals surface area contributed by atoms with Crippen LogP contribution in [0, 0.1) is 6.92 Å². The Hall–Kier alpha value is -3.81. The fourth-order valence-corrected chi connectivity index (χ4v) is 4.16. The zero-order chi connectivity index (χ0) is 24.8. The van der Waals surface area contributed by atoms with E-state index in [1.54, 1.807) is 30.3 Å². The van der Waals surface area contributed by atoms with Gasteiger partial charge in [-0.2, -0.15) is 4.68 Å². The molecule has 1 aromatic heterocycles. The summed E-state index contributed by atoms with van der Waals surface area (Å²) in [7, 11) is 0. The van der Waals surface area contributed by atoms with Crippen molar-refractivity contribution in [2.75, 3.05) is 44.3 Å². The van der Waals surface area contributed by atoms with Crippen LogP contribution in [0.5, 0.6) is 11.5 Å². The first kappa shape index (κ1) is 24.3. The maximum absolute atomic E-state index is 13.3. The molecule has 8 nitrogen and oxygen atoms in total. The molecule has 35 heavy (non-hydrogen) atoms. The van der Waals surface area contributed by atoms with E-state index in [4.69, 9.17) is 9.47 Å². The van der Waals surface area contributed by atoms with E-state index in [0.717, 1.165) is 30.0 Å². The Kier molecular flexibility index (Phi) is 7.70. The summed E-state index contributed by atoms with van der Waals surface area (Å²) in [5.41, 5.74) is 2.26. The van der Waals surface area contributed by atoms with Crippen LogP contribution in [0.3, 0.4) is 0 Å². The van der Waals surface area contributed by atoms with Crippen LogP contribution in [0.2, 0.25) is 0 Å². The van der Waals surface area contributed by atoms with Crippen LogP contribution < -0.4 is 19.9 Å². The average Bonchev–Trinajstić information content (AvgIpc) is 3.12. The molecule has 2 aromatic carbocycles. The number of ether oxygens (including phenoxy) is 2. The quantitative estimate of drug-likeness (QED) is 0.518. The molecule has 0 spiro atoms. The number of rotatable bonds is 7. The maximum atomic E-state index is 13.3. The van der Waals surface area contributed by atoms with Gasteiger partial charge in [0.15, 0.2) is 11.5 Å². The van der Waals surface area contributed by atoms with E-state index < -0.39 is 0 Å². The van der Waals surface area contributed by atoms with Crippen molar-refractivity contribution in [3.05, 3.63) is 76.1 Å². The van der Waals surface area contributed by atoms with Gasteiger partial charge in [-0.05, 0) is 63.6 Å². The Labute approximate surface area is 205 Å². The van der Waals surface area contributed by atoms with Crippen molar-refractivity contribution in [1.82, 2.24) is 14.7 Å². The fourth-order valence-electron chi connectivity index (χ4n) is 4.16. The van der Waals surface area contributed by atoms with E-state index in [0.29, 0.717) is 49.9 Å². The number of anilines is 1. The van der Waals surface area contributed by atoms with Crippen molar-refractivity contribution in [2.24, 2.45) is 0 Å². The van der Waals surface area contributed by atoms with Gasteiger partial charge in [0.1, 0.15) is 5.82 Å². The van der Waals surface area contributed by atoms with Crippen molar-refractivity contribution in [1.29, 1.82) is 0 Å². The second-order valence-corrected chi connectivity index (χ2v) is 8.44. The summed E-state index contributed by atoms with van der Waals surface area (Å²) < 4.78 is 12.7. The summed E-state index contributed by atoms with van der Waals surface area (Å²) >= 11 is 0. The van der Waals surface area contributed by atoms with Gasteiger partial charge in [-0.15, -0.1) is 5.10 Å². The molecular formula is C27H32N4O4. The number of carbonyl (C=O) groups is 1. The van der Waals surface area contributed by atoms with Gasteiger partial charge in [-0.25, -0.2) is 0 Å². The van der Waals surface area contributed by atoms with Crippen LogP contribution in [0.15, 0.2) is 59.4 Å². The van der Waals surface area contributed by atoms with E-state index in [1.165, 1.54) is 4.68 Å². The lowest BCUT2D eigenvalue weighted by Crippen LogP contribution is -2.36. The average molecular weight is 477 g/mol. The highest BCUT2D eigenvalue weighted by molar-refractivity contribution is 5.95. The number of benzene rings is 2. The minimum absolute atomic E-state index is 0.0339. The molecule has 0 N–H and O–H groups in total. The van der Waals surface area contributed by atoms with Gasteiger partial charge in [0, 0.05) is 37.8 Å². The minimum atomic E-state index is -0.176. The normalized spacial score (nSPS) is 13.9. The van der Waals surface area contributed by atoms with Crippen molar-refractivity contribution >= 4 is 11.7 Å². The summed E-state index contributed by atoms with van der Waals surface area (Å²) in [5.74, 6) is 1.91. The topological polar surface area (TPSA) is 76.9 Å². The van der Waals surface area contributed by atoms with Gasteiger partial charge in [0.2, 0.25) is 0 Å². The summed E-state index contributed by atoms with van der Waals surface area (Å²) in [4.78, 5) is 29.7. The maximum Gasteiger partial charge on any atom is 0.271 e. The number of aromatic nitrogens is 2. The summed E-state index contributed by atoms with van der Waals surface area (Å²) in [6.45, 7) is 9.42. The van der Waals surface area contributed by atoms with E-state index >= 15 is 0 Å². The molecule has 1 aliphatic heterocycles. The molecule has 0 radical (unpaired) electrons. The first-order valence-electron chi connectivity index (χ1n) is 12.1. The van der Waals surface area contributed by atoms with Crippen LogP contribution in [-0.2, 0) is 0 Å². The summed E-state index contributed by atoms with van der Waals surface area (Å²) in [5, 5.41) is 4.62. The highest BCUT2D eigenvalue weighted by Crippen LogP contribution is 2.29. The van der Waals surface area contributed by atoms with Crippen LogP contribution >= 0.6 is 0 Å². The van der Waals surface area contributed by atoms with Crippen molar-refractivity contribution in [3.8, 4) is 17.2 Å². The smallest absolute Gasteiger partial charge is 0.271 e. The minimum Gasteiger partial charge on any atom is -0.490 e. The lowest BCUT2D eigenvalue weighted by atomic mass is 10.1. The third-order valence-corrected chi connectivity index (χ3v) is 5.96. The highest BCUT2D eigenvalue weighted by atomic mass is 16.5. The molecule has 3 aromatic rings. The number of nitrogens with zero attached hydrogens (tertiary/aromatic N) is 4. The van der Waals surface area contributed by atoms with Crippen LogP contribution in [0.1, 0.15) is 36.2 Å². The SMILES string of the molecule is CCOc1ccc(C(=O)N2CCCN(c3ccc(=O)n(-c4ccc(C)cc4)n3)CC2)cc1OCC. The van der Waals surface area contributed by atoms with E-state index in [1.807, 2.05) is 49.9 Å². The molecular weight excluding hydrogens is 444 g/mol. The van der Waals surface area contributed by atoms with Crippen molar-refractivity contribution in [3.63, 3.8) is 0 Å². The second kappa shape index (κ2) is 11.1. The molecule has 2 heterocycles. The third kappa shape index (κ3) is 5.65. The summed E-state index contributed by atoms with van der Waals surface area (Å²) in [6, 6.07) is 16.4. The molecule has 0 saturated carbocycles. The van der Waals surface area contributed by atoms with Crippen LogP contribution in [-0.4, -0.2) is 60.0 Å². The van der Waals surface area contributed by atoms with E-state index in [2.05, 4.69) is 10.00 Å². The first-order valence-corrected chi connectivity index (χ1v) is 12.1. The molecule has 1 saturated heterocycles. The first-order chi connectivity index (χ1) is 17.0. The summed E-state index contributed by atoms with van der Waals surface area (Å²) in [6.07, 6.45) is 0.798. The van der Waals surface area contributed by atoms with Gasteiger partial charge in [0.25, 0.3) is 11.5 Å². The highest BCUT2D eigenvalue weighted by Gasteiger charge is 2.22. The van der Waals surface area contributed by atoms with Gasteiger partial charge in [-0.1, -0.05) is 17.7 Å².